The maximum atomic E-state index is 13.3. The van der Waals surface area contributed by atoms with E-state index in [4.69, 9.17) is 21.3 Å². The summed E-state index contributed by atoms with van der Waals surface area (Å²) in [5.41, 5.74) is -3.56. The third-order valence-electron chi connectivity index (χ3n) is 7.71. The fourth-order valence-electron chi connectivity index (χ4n) is 5.31. The number of pyridine rings is 1. The van der Waals surface area contributed by atoms with Gasteiger partial charge in [-0.25, -0.2) is 14.6 Å². The molecular weight excluding hydrogens is 622 g/mol. The maximum absolute atomic E-state index is 13.3. The van der Waals surface area contributed by atoms with Crippen LogP contribution in [0.3, 0.4) is 0 Å². The maximum Gasteiger partial charge on any atom is 0.333 e. The molecule has 236 valence electrons. The van der Waals surface area contributed by atoms with E-state index in [1.54, 1.807) is 25.3 Å². The predicted octanol–water partition coefficient (Wildman–Crippen LogP) is -0.129. The number of halogens is 1. The number of fused-ring (bicyclic) bond motifs is 4. The number of aromatic nitrogens is 7. The molecule has 16 nitrogen and oxygen atoms in total. The van der Waals surface area contributed by atoms with Crippen LogP contribution in [-0.4, -0.2) is 54.3 Å². The third-order valence-corrected chi connectivity index (χ3v) is 7.95. The Morgan fingerprint density at radius 2 is 1.57 bits per heavy atom. The first-order valence-electron chi connectivity index (χ1n) is 13.8. The number of hydrogen-bond donors (Lipinski definition) is 2. The molecule has 0 saturated heterocycles. The smallest absolute Gasteiger partial charge is 0.333 e. The zero-order valence-electron chi connectivity index (χ0n) is 25.0. The van der Waals surface area contributed by atoms with E-state index in [0.717, 1.165) is 32.6 Å². The Kier molecular flexibility index (Phi) is 7.43. The number of benzene rings is 2. The minimum absolute atomic E-state index is 0.0467. The van der Waals surface area contributed by atoms with Gasteiger partial charge in [-0.3, -0.25) is 32.7 Å². The van der Waals surface area contributed by atoms with Crippen molar-refractivity contribution in [2.24, 2.45) is 21.1 Å². The van der Waals surface area contributed by atoms with Crippen molar-refractivity contribution in [3.05, 3.63) is 88.3 Å². The molecule has 0 fully saturated rings. The normalized spacial score (nSPS) is 11.5. The summed E-state index contributed by atoms with van der Waals surface area (Å²) in [7, 11) is 5.16. The number of amides is 1. The summed E-state index contributed by atoms with van der Waals surface area (Å²) in [4.78, 5) is 73.3. The zero-order chi connectivity index (χ0) is 33.0. The molecule has 0 aliphatic rings. The highest BCUT2D eigenvalue weighted by Gasteiger charge is 2.27. The van der Waals surface area contributed by atoms with E-state index >= 15 is 0 Å². The lowest BCUT2D eigenvalue weighted by Crippen LogP contribution is -2.50. The molecular formula is C29H26ClN9O7. The first-order chi connectivity index (χ1) is 21.9. The molecule has 2 aromatic carbocycles. The van der Waals surface area contributed by atoms with Gasteiger partial charge in [-0.1, -0.05) is 11.6 Å². The number of nitrogens with zero attached hydrogens (tertiary/aromatic N) is 7. The Balaban J connectivity index is 1.31. The van der Waals surface area contributed by atoms with Gasteiger partial charge in [-0.2, -0.15) is 4.98 Å². The predicted molar refractivity (Wildman–Crippen MR) is 171 cm³/mol. The van der Waals surface area contributed by atoms with Crippen molar-refractivity contribution < 1.29 is 14.3 Å². The van der Waals surface area contributed by atoms with Crippen molar-refractivity contribution in [1.82, 2.24) is 33.6 Å². The van der Waals surface area contributed by atoms with Crippen LogP contribution in [0, 0.1) is 5.21 Å². The molecule has 6 rings (SSSR count). The Hall–Kier alpha value is -5.77. The van der Waals surface area contributed by atoms with Crippen LogP contribution in [0.25, 0.3) is 44.1 Å². The molecule has 0 spiro atoms. The van der Waals surface area contributed by atoms with Crippen LogP contribution in [0.15, 0.2) is 55.6 Å². The lowest BCUT2D eigenvalue weighted by atomic mass is 10.1. The van der Waals surface area contributed by atoms with Crippen LogP contribution >= 0.6 is 11.6 Å². The molecule has 0 bridgehead atoms. The molecule has 17 heteroatoms. The number of aryl methyl sites for hydroxylation is 1. The molecule has 0 saturated carbocycles. The minimum Gasteiger partial charge on any atom is -0.617 e. The summed E-state index contributed by atoms with van der Waals surface area (Å²) in [6, 6.07) is 10.8. The Bertz CT molecular complexity index is 2520. The third kappa shape index (κ3) is 4.79. The van der Waals surface area contributed by atoms with E-state index in [1.165, 1.54) is 14.1 Å². The highest BCUT2D eigenvalue weighted by molar-refractivity contribution is 6.31. The first kappa shape index (κ1) is 30.3. The van der Waals surface area contributed by atoms with Gasteiger partial charge < -0.3 is 20.6 Å². The number of hydrogen-bond acceptors (Lipinski definition) is 10. The van der Waals surface area contributed by atoms with Crippen LogP contribution in [0.1, 0.15) is 0 Å². The highest BCUT2D eigenvalue weighted by Crippen LogP contribution is 2.34. The summed E-state index contributed by atoms with van der Waals surface area (Å²) >= 11 is 6.20. The van der Waals surface area contributed by atoms with E-state index in [0.29, 0.717) is 30.9 Å². The minimum atomic E-state index is -1.02. The van der Waals surface area contributed by atoms with Crippen LogP contribution in [0.5, 0.6) is 5.75 Å². The first-order valence-corrected chi connectivity index (χ1v) is 14.2. The second-order valence-corrected chi connectivity index (χ2v) is 10.9. The molecule has 4 heterocycles. The van der Waals surface area contributed by atoms with E-state index in [2.05, 4.69) is 15.6 Å². The van der Waals surface area contributed by atoms with Crippen LogP contribution in [-0.2, 0) is 32.5 Å². The SMILES string of the molecule is COc1ccc2nc3cc(Cl)ccc3c(NCCNC(=O)Cn3c(=O)n(C)c(=O)c4c3nc3c(c(=O)n(C)c(=O)n3C)[n+]4[O-])c2c1. The molecule has 0 atom stereocenters. The van der Waals surface area contributed by atoms with Crippen molar-refractivity contribution in [2.45, 2.75) is 6.54 Å². The van der Waals surface area contributed by atoms with Crippen LogP contribution < -0.4 is 42.6 Å². The van der Waals surface area contributed by atoms with Gasteiger partial charge in [0.1, 0.15) is 12.3 Å². The van der Waals surface area contributed by atoms with Gasteiger partial charge in [0.2, 0.25) is 17.2 Å². The summed E-state index contributed by atoms with van der Waals surface area (Å²) < 4.78 is 8.57. The second kappa shape index (κ2) is 11.3. The summed E-state index contributed by atoms with van der Waals surface area (Å²) in [5, 5.41) is 21.5. The monoisotopic (exact) mass is 647 g/mol. The lowest BCUT2D eigenvalue weighted by molar-refractivity contribution is -0.550. The Morgan fingerprint density at radius 3 is 2.28 bits per heavy atom. The van der Waals surface area contributed by atoms with E-state index in [-0.39, 0.29) is 23.5 Å². The van der Waals surface area contributed by atoms with Crippen molar-refractivity contribution in [2.75, 3.05) is 25.5 Å². The lowest BCUT2D eigenvalue weighted by Gasteiger charge is -2.15. The summed E-state index contributed by atoms with van der Waals surface area (Å²) in [6.45, 7) is -0.238. The average molecular weight is 648 g/mol. The van der Waals surface area contributed by atoms with Gasteiger partial charge in [0.25, 0.3) is 0 Å². The van der Waals surface area contributed by atoms with Gasteiger partial charge in [0.05, 0.1) is 23.8 Å². The van der Waals surface area contributed by atoms with Crippen molar-refractivity contribution in [1.29, 1.82) is 0 Å². The number of nitrogens with one attached hydrogen (secondary N) is 2. The summed E-state index contributed by atoms with van der Waals surface area (Å²) in [6.07, 6.45) is 0. The topological polar surface area (TPSA) is 191 Å². The number of ether oxygens (including phenoxy) is 1. The van der Waals surface area contributed by atoms with E-state index < -0.39 is 51.6 Å². The summed E-state index contributed by atoms with van der Waals surface area (Å²) in [5.74, 6) is 0.00840. The number of methoxy groups -OCH3 is 1. The molecule has 4 aromatic heterocycles. The average Bonchev–Trinajstić information content (AvgIpc) is 3.04. The Labute approximate surface area is 262 Å². The van der Waals surface area contributed by atoms with Gasteiger partial charge in [-0.05, 0) is 36.4 Å². The second-order valence-electron chi connectivity index (χ2n) is 10.5. The van der Waals surface area contributed by atoms with Crippen LogP contribution in [0.2, 0.25) is 5.02 Å². The largest absolute Gasteiger partial charge is 0.617 e. The molecule has 0 aliphatic heterocycles. The highest BCUT2D eigenvalue weighted by atomic mass is 35.5. The molecule has 6 aromatic rings. The fourth-order valence-corrected chi connectivity index (χ4v) is 5.48. The van der Waals surface area contributed by atoms with Gasteiger partial charge in [0, 0.05) is 50.0 Å². The van der Waals surface area contributed by atoms with Crippen molar-refractivity contribution >= 4 is 67.3 Å². The quantitative estimate of drug-likeness (QED) is 0.102. The molecule has 1 amide bonds. The van der Waals surface area contributed by atoms with E-state index in [1.807, 2.05) is 18.2 Å². The van der Waals surface area contributed by atoms with Crippen molar-refractivity contribution in [3.63, 3.8) is 0 Å². The van der Waals surface area contributed by atoms with Gasteiger partial charge in [-0.15, -0.1) is 4.73 Å². The molecule has 0 unspecified atom stereocenters. The van der Waals surface area contributed by atoms with Gasteiger partial charge >= 0.3 is 33.5 Å². The van der Waals surface area contributed by atoms with Crippen molar-refractivity contribution in [3.8, 4) is 5.75 Å². The standard InChI is InChI=1S/C29H26ClN9O7/c1-35-24-22(26(41)36(2)28(35)43)39(45)23-25(34-24)38(29(44)37(3)27(23)42)13-20(40)31-9-10-32-21-16-7-5-14(30)11-19(16)33-18-8-6-15(46-4)12-17(18)21/h5-8,11-12H,9-10,13H2,1-4H3,(H,31,40)(H,32,33). The van der Waals surface area contributed by atoms with E-state index in [9.17, 15) is 29.2 Å². The number of carbonyl (C=O) groups is 1. The number of carbonyl (C=O) groups excluding carboxylic acids is 1. The Morgan fingerprint density at radius 1 is 0.870 bits per heavy atom. The number of rotatable bonds is 7. The zero-order valence-corrected chi connectivity index (χ0v) is 25.7. The number of anilines is 1. The fraction of sp³-hybridized carbons (Fsp3) is 0.241. The molecule has 46 heavy (non-hydrogen) atoms. The molecule has 0 aliphatic carbocycles. The van der Waals surface area contributed by atoms with Gasteiger partial charge in [0.15, 0.2) is 0 Å². The molecule has 2 N–H and O–H groups in total. The molecule has 0 radical (unpaired) electrons. The van der Waals surface area contributed by atoms with Crippen LogP contribution in [0.4, 0.5) is 5.69 Å².